The van der Waals surface area contributed by atoms with Crippen LogP contribution < -0.4 is 0 Å². The van der Waals surface area contributed by atoms with Crippen LogP contribution in [0.2, 0.25) is 5.15 Å². The number of rotatable bonds is 7. The van der Waals surface area contributed by atoms with Gasteiger partial charge in [-0.15, -0.1) is 0 Å². The maximum Gasteiger partial charge on any atom is 0.146 e. The Balaban J connectivity index is 2.77. The fourth-order valence-corrected chi connectivity index (χ4v) is 2.26. The van der Waals surface area contributed by atoms with Gasteiger partial charge in [0.2, 0.25) is 0 Å². The molecule has 0 fully saturated rings. The second-order valence-electron chi connectivity index (χ2n) is 3.90. The van der Waals surface area contributed by atoms with Gasteiger partial charge < -0.3 is 9.64 Å². The van der Waals surface area contributed by atoms with Crippen LogP contribution in [0, 0.1) is 3.57 Å². The molecule has 0 saturated heterocycles. The molecule has 0 aliphatic heterocycles. The molecule has 1 aromatic heterocycles. The van der Waals surface area contributed by atoms with Gasteiger partial charge in [0.25, 0.3) is 0 Å². The van der Waals surface area contributed by atoms with Crippen molar-refractivity contribution >= 4 is 34.2 Å². The van der Waals surface area contributed by atoms with Crippen LogP contribution in [0.5, 0.6) is 0 Å². The van der Waals surface area contributed by atoms with Gasteiger partial charge in [0.1, 0.15) is 11.0 Å². The highest BCUT2D eigenvalue weighted by Gasteiger charge is 2.11. The Bertz CT molecular complexity index is 386. The van der Waals surface area contributed by atoms with Crippen molar-refractivity contribution in [2.75, 3.05) is 26.7 Å². The Labute approximate surface area is 127 Å². The molecule has 0 saturated carbocycles. The van der Waals surface area contributed by atoms with Gasteiger partial charge in [0, 0.05) is 20.1 Å². The fraction of sp³-hybridized carbons (Fsp3) is 0.667. The quantitative estimate of drug-likeness (QED) is 0.536. The zero-order valence-electron chi connectivity index (χ0n) is 11.0. The first-order valence-corrected chi connectivity index (χ1v) is 7.50. The molecule has 6 heteroatoms. The number of aromatic nitrogens is 2. The molecule has 0 unspecified atom stereocenters. The molecule has 102 valence electrons. The summed E-state index contributed by atoms with van der Waals surface area (Å²) in [5.41, 5.74) is 0.868. The van der Waals surface area contributed by atoms with Crippen LogP contribution in [0.25, 0.3) is 0 Å². The van der Waals surface area contributed by atoms with E-state index >= 15 is 0 Å². The highest BCUT2D eigenvalue weighted by atomic mass is 127. The molecule has 18 heavy (non-hydrogen) atoms. The van der Waals surface area contributed by atoms with Crippen molar-refractivity contribution in [3.05, 3.63) is 20.2 Å². The van der Waals surface area contributed by atoms with E-state index in [4.69, 9.17) is 16.3 Å². The van der Waals surface area contributed by atoms with Crippen LogP contribution in [0.1, 0.15) is 25.4 Å². The van der Waals surface area contributed by atoms with E-state index < -0.39 is 0 Å². The van der Waals surface area contributed by atoms with E-state index in [0.29, 0.717) is 11.8 Å². The minimum atomic E-state index is 0.471. The van der Waals surface area contributed by atoms with E-state index in [1.165, 1.54) is 0 Å². The van der Waals surface area contributed by atoms with Crippen molar-refractivity contribution in [1.82, 2.24) is 14.9 Å². The molecule has 0 aromatic carbocycles. The van der Waals surface area contributed by atoms with Crippen molar-refractivity contribution in [2.45, 2.75) is 26.9 Å². The lowest BCUT2D eigenvalue weighted by atomic mass is 10.3. The highest BCUT2D eigenvalue weighted by Crippen LogP contribution is 2.20. The minimum absolute atomic E-state index is 0.471. The summed E-state index contributed by atoms with van der Waals surface area (Å²) in [6.07, 6.45) is 0.815. The first-order chi connectivity index (χ1) is 8.62. The van der Waals surface area contributed by atoms with Crippen LogP contribution in [0.4, 0.5) is 0 Å². The number of ether oxygens (including phenoxy) is 1. The summed E-state index contributed by atoms with van der Waals surface area (Å²) in [5.74, 6) is 0.791. The summed E-state index contributed by atoms with van der Waals surface area (Å²) in [4.78, 5) is 11.2. The molecule has 0 spiro atoms. The Morgan fingerprint density at radius 3 is 2.50 bits per heavy atom. The van der Waals surface area contributed by atoms with E-state index in [1.54, 1.807) is 7.11 Å². The summed E-state index contributed by atoms with van der Waals surface area (Å²) in [5, 5.41) is 0.521. The maximum atomic E-state index is 6.11. The molecule has 0 radical (unpaired) electrons. The largest absolute Gasteiger partial charge is 0.378 e. The van der Waals surface area contributed by atoms with E-state index in [-0.39, 0.29) is 0 Å². The number of nitrogens with zero attached hydrogens (tertiary/aromatic N) is 3. The van der Waals surface area contributed by atoms with Gasteiger partial charge in [-0.1, -0.05) is 25.4 Å². The SMILES string of the molecule is CCN(CC)CCc1nc(Cl)c(I)c(COC)n1. The predicted octanol–water partition coefficient (Wildman–Crippen LogP) is 2.77. The molecule has 0 aliphatic rings. The van der Waals surface area contributed by atoms with Crippen LogP contribution in [-0.4, -0.2) is 41.6 Å². The lowest BCUT2D eigenvalue weighted by Gasteiger charge is -2.17. The predicted molar refractivity (Wildman–Crippen MR) is 82.0 cm³/mol. The Kier molecular flexibility index (Phi) is 7.36. The molecular weight excluding hydrogens is 365 g/mol. The monoisotopic (exact) mass is 383 g/mol. The lowest BCUT2D eigenvalue weighted by Crippen LogP contribution is -2.26. The summed E-state index contributed by atoms with van der Waals surface area (Å²) in [6.45, 7) is 7.82. The first-order valence-electron chi connectivity index (χ1n) is 6.04. The van der Waals surface area contributed by atoms with Gasteiger partial charge in [-0.3, -0.25) is 0 Å². The van der Waals surface area contributed by atoms with Crippen LogP contribution in [0.15, 0.2) is 0 Å². The molecular formula is C12H19ClIN3O. The summed E-state index contributed by atoms with van der Waals surface area (Å²) in [6, 6.07) is 0. The average molecular weight is 384 g/mol. The normalized spacial score (nSPS) is 11.2. The van der Waals surface area contributed by atoms with Crippen LogP contribution in [-0.2, 0) is 17.8 Å². The molecule has 0 atom stereocenters. The maximum absolute atomic E-state index is 6.11. The zero-order chi connectivity index (χ0) is 13.5. The van der Waals surface area contributed by atoms with Crippen molar-refractivity contribution in [3.8, 4) is 0 Å². The fourth-order valence-electron chi connectivity index (χ4n) is 1.65. The van der Waals surface area contributed by atoms with Gasteiger partial charge in [-0.2, -0.15) is 0 Å². The van der Waals surface area contributed by atoms with Gasteiger partial charge in [-0.05, 0) is 35.7 Å². The molecule has 1 rings (SSSR count). The van der Waals surface area contributed by atoms with E-state index in [1.807, 2.05) is 0 Å². The molecule has 1 heterocycles. The van der Waals surface area contributed by atoms with Crippen molar-refractivity contribution in [3.63, 3.8) is 0 Å². The summed E-state index contributed by atoms with van der Waals surface area (Å²) in [7, 11) is 1.65. The topological polar surface area (TPSA) is 38.2 Å². The Morgan fingerprint density at radius 1 is 1.28 bits per heavy atom. The summed E-state index contributed by atoms with van der Waals surface area (Å²) >= 11 is 8.26. The second kappa shape index (κ2) is 8.24. The van der Waals surface area contributed by atoms with E-state index in [9.17, 15) is 0 Å². The number of likely N-dealkylation sites (N-methyl/N-ethyl adjacent to an activating group) is 1. The molecule has 1 aromatic rings. The standard InChI is InChI=1S/C12H19ClIN3O/c1-4-17(5-2)7-6-10-15-9(8-18-3)11(14)12(13)16-10/h4-8H2,1-3H3. The van der Waals surface area contributed by atoms with Crippen molar-refractivity contribution < 1.29 is 4.74 Å². The van der Waals surface area contributed by atoms with Gasteiger partial charge >= 0.3 is 0 Å². The minimum Gasteiger partial charge on any atom is -0.378 e. The third kappa shape index (κ3) is 4.60. The number of methoxy groups -OCH3 is 1. The second-order valence-corrected chi connectivity index (χ2v) is 5.34. The molecule has 0 bridgehead atoms. The zero-order valence-corrected chi connectivity index (χ0v) is 14.0. The summed E-state index contributed by atoms with van der Waals surface area (Å²) < 4.78 is 6.00. The molecule has 4 nitrogen and oxygen atoms in total. The Hall–Kier alpha value is 0.0200. The third-order valence-electron chi connectivity index (χ3n) is 2.75. The first kappa shape index (κ1) is 16.1. The van der Waals surface area contributed by atoms with Crippen LogP contribution >= 0.6 is 34.2 Å². The molecule has 0 aliphatic carbocycles. The van der Waals surface area contributed by atoms with Gasteiger partial charge in [-0.25, -0.2) is 9.97 Å². The van der Waals surface area contributed by atoms with E-state index in [0.717, 1.165) is 41.1 Å². The number of hydrogen-bond acceptors (Lipinski definition) is 4. The average Bonchev–Trinajstić information content (AvgIpc) is 2.36. The number of halogens is 2. The smallest absolute Gasteiger partial charge is 0.146 e. The number of hydrogen-bond donors (Lipinski definition) is 0. The van der Waals surface area contributed by atoms with Crippen molar-refractivity contribution in [2.24, 2.45) is 0 Å². The van der Waals surface area contributed by atoms with Crippen molar-refractivity contribution in [1.29, 1.82) is 0 Å². The highest BCUT2D eigenvalue weighted by molar-refractivity contribution is 14.1. The molecule has 0 N–H and O–H groups in total. The Morgan fingerprint density at radius 2 is 1.94 bits per heavy atom. The molecule has 0 amide bonds. The van der Waals surface area contributed by atoms with Crippen LogP contribution in [0.3, 0.4) is 0 Å². The lowest BCUT2D eigenvalue weighted by molar-refractivity contribution is 0.180. The van der Waals surface area contributed by atoms with Gasteiger partial charge in [0.15, 0.2) is 0 Å². The van der Waals surface area contributed by atoms with Gasteiger partial charge in [0.05, 0.1) is 15.9 Å². The van der Waals surface area contributed by atoms with E-state index in [2.05, 4.69) is 51.3 Å². The third-order valence-corrected chi connectivity index (χ3v) is 4.48.